The van der Waals surface area contributed by atoms with Crippen LogP contribution in [-0.2, 0) is 19.4 Å². The molecule has 8 heteroatoms. The highest BCUT2D eigenvalue weighted by atomic mass is 32.3. The normalized spacial score (nSPS) is 10.6. The molecule has 0 saturated carbocycles. The van der Waals surface area contributed by atoms with E-state index in [1.54, 1.807) is 0 Å². The summed E-state index contributed by atoms with van der Waals surface area (Å²) >= 11 is 0. The van der Waals surface area contributed by atoms with Gasteiger partial charge < -0.3 is 15.2 Å². The summed E-state index contributed by atoms with van der Waals surface area (Å²) in [5.74, 6) is -0.0852. The van der Waals surface area contributed by atoms with Gasteiger partial charge in [-0.1, -0.05) is 20.4 Å². The van der Waals surface area contributed by atoms with Crippen molar-refractivity contribution in [2.24, 2.45) is 0 Å². The van der Waals surface area contributed by atoms with Gasteiger partial charge in [-0.25, -0.2) is 8.42 Å². The molecule has 0 heterocycles. The van der Waals surface area contributed by atoms with Gasteiger partial charge in [-0.2, -0.15) is 0 Å². The molecule has 114 valence electrons. The van der Waals surface area contributed by atoms with Gasteiger partial charge in [0.05, 0.1) is 26.2 Å². The van der Waals surface area contributed by atoms with Gasteiger partial charge in [-0.15, -0.1) is 0 Å². The molecular weight excluding hydrogens is 272 g/mol. The lowest BCUT2D eigenvalue weighted by atomic mass is 10.2. The van der Waals surface area contributed by atoms with E-state index in [1.807, 2.05) is 0 Å². The van der Waals surface area contributed by atoms with Crippen molar-refractivity contribution in [2.45, 2.75) is 32.7 Å². The monoisotopic (exact) mass is 296 g/mol. The van der Waals surface area contributed by atoms with Crippen molar-refractivity contribution in [3.05, 3.63) is 12.7 Å². The van der Waals surface area contributed by atoms with Crippen LogP contribution in [-0.4, -0.2) is 45.1 Å². The Hall–Kier alpha value is -0.960. The van der Waals surface area contributed by atoms with Gasteiger partial charge in [-0.05, 0) is 18.9 Å². The Morgan fingerprint density at radius 1 is 1.47 bits per heavy atom. The van der Waals surface area contributed by atoms with Crippen molar-refractivity contribution in [1.82, 2.24) is 5.32 Å². The van der Waals surface area contributed by atoms with Crippen LogP contribution in [0.2, 0.25) is 0 Å². The van der Waals surface area contributed by atoms with Crippen molar-refractivity contribution < 1.29 is 27.3 Å². The number of amides is 1. The molecular formula is C11H24N2O5S. The molecule has 0 atom stereocenters. The van der Waals surface area contributed by atoms with E-state index in [0.29, 0.717) is 6.04 Å². The first-order valence-corrected chi connectivity index (χ1v) is 7.39. The zero-order chi connectivity index (χ0) is 15.3. The summed E-state index contributed by atoms with van der Waals surface area (Å²) in [6.07, 6.45) is 3.68. The molecule has 0 unspecified atom stereocenters. The maximum Gasteiger partial charge on any atom is 0.243 e. The Labute approximate surface area is 115 Å². The van der Waals surface area contributed by atoms with Crippen LogP contribution in [0.5, 0.6) is 0 Å². The second-order valence-corrected chi connectivity index (χ2v) is 4.82. The Morgan fingerprint density at radius 3 is 2.26 bits per heavy atom. The first-order valence-electron chi connectivity index (χ1n) is 6.05. The van der Waals surface area contributed by atoms with E-state index in [9.17, 15) is 17.8 Å². The van der Waals surface area contributed by atoms with Crippen molar-refractivity contribution in [3.63, 3.8) is 0 Å². The summed E-state index contributed by atoms with van der Waals surface area (Å²) in [5, 5.41) is 5.03. The summed E-state index contributed by atoms with van der Waals surface area (Å²) in [6.45, 7) is 9.43. The lowest BCUT2D eigenvalue weighted by Gasteiger charge is -2.10. The third-order valence-corrected chi connectivity index (χ3v) is 2.79. The van der Waals surface area contributed by atoms with Crippen molar-refractivity contribution in [1.29, 1.82) is 0 Å². The van der Waals surface area contributed by atoms with Crippen molar-refractivity contribution in [3.8, 4) is 0 Å². The molecule has 0 saturated heterocycles. The first-order chi connectivity index (χ1) is 8.80. The minimum absolute atomic E-state index is 0.0852. The first kappa shape index (κ1) is 20.4. The lowest BCUT2D eigenvalue weighted by Crippen LogP contribution is -2.91. The number of hydrogen-bond donors (Lipinski definition) is 2. The molecule has 0 spiro atoms. The topological polar surface area (TPSA) is 112 Å². The summed E-state index contributed by atoms with van der Waals surface area (Å²) in [4.78, 5) is 10.8. The van der Waals surface area contributed by atoms with Gasteiger partial charge in [0.1, 0.15) is 0 Å². The van der Waals surface area contributed by atoms with E-state index in [2.05, 4.69) is 35.2 Å². The standard InChI is InChI=1S/C10H20N2O.CH4O4S/c1-4-9(5-2)11-7-8-12-10(13)6-3;1-5-6(2,3)4/h6,9,11H,3-5,7-8H2,1-2H3,(H,12,13);1H3,(H,2,3,4). The predicted molar refractivity (Wildman–Crippen MR) is 71.1 cm³/mol. The van der Waals surface area contributed by atoms with E-state index in [0.717, 1.165) is 20.2 Å². The number of rotatable bonds is 8. The highest BCUT2D eigenvalue weighted by molar-refractivity contribution is 7.80. The quantitative estimate of drug-likeness (QED) is 0.262. The predicted octanol–water partition coefficient (Wildman–Crippen LogP) is -0.866. The third kappa shape index (κ3) is 17.0. The Balaban J connectivity index is 0. The van der Waals surface area contributed by atoms with E-state index < -0.39 is 10.4 Å². The molecule has 0 aliphatic heterocycles. The number of nitrogens with one attached hydrogen (secondary N) is 1. The molecule has 19 heavy (non-hydrogen) atoms. The molecule has 0 rings (SSSR count). The number of quaternary nitrogens is 1. The fraction of sp³-hybridized carbons (Fsp3) is 0.727. The maximum absolute atomic E-state index is 10.8. The Kier molecular flexibility index (Phi) is 13.0. The smallest absolute Gasteiger partial charge is 0.243 e. The molecule has 0 radical (unpaired) electrons. The number of hydrogen-bond acceptors (Lipinski definition) is 5. The third-order valence-electron chi connectivity index (χ3n) is 2.38. The highest BCUT2D eigenvalue weighted by Crippen LogP contribution is 1.87. The molecule has 1 amide bonds. The molecule has 0 aliphatic rings. The van der Waals surface area contributed by atoms with Crippen LogP contribution in [0.4, 0.5) is 0 Å². The van der Waals surface area contributed by atoms with Crippen LogP contribution in [0.15, 0.2) is 12.7 Å². The SMILES string of the molecule is C=CC(=O)NCC[NH2+]C(CC)CC.COS(=O)(=O)[O-]. The second kappa shape index (κ2) is 12.1. The molecule has 0 fully saturated rings. The van der Waals surface area contributed by atoms with E-state index in [1.165, 1.54) is 18.9 Å². The summed E-state index contributed by atoms with van der Waals surface area (Å²) in [7, 11) is -3.60. The summed E-state index contributed by atoms with van der Waals surface area (Å²) in [5.41, 5.74) is 0. The minimum atomic E-state index is -4.41. The summed E-state index contributed by atoms with van der Waals surface area (Å²) in [6, 6.07) is 0.695. The van der Waals surface area contributed by atoms with Crippen LogP contribution < -0.4 is 10.6 Å². The van der Waals surface area contributed by atoms with E-state index in [4.69, 9.17) is 0 Å². The summed E-state index contributed by atoms with van der Waals surface area (Å²) < 4.78 is 31.0. The Bertz CT molecular complexity index is 339. The van der Waals surface area contributed by atoms with Crippen LogP contribution in [0.3, 0.4) is 0 Å². The number of nitrogens with two attached hydrogens (primary N) is 1. The van der Waals surface area contributed by atoms with Crippen molar-refractivity contribution in [2.75, 3.05) is 20.2 Å². The molecule has 0 aromatic heterocycles. The molecule has 0 aliphatic carbocycles. The van der Waals surface area contributed by atoms with Crippen molar-refractivity contribution >= 4 is 16.3 Å². The molecule has 0 aromatic carbocycles. The average Bonchev–Trinajstić information content (AvgIpc) is 2.38. The van der Waals surface area contributed by atoms with E-state index in [-0.39, 0.29) is 5.91 Å². The molecule has 0 bridgehead atoms. The zero-order valence-electron chi connectivity index (χ0n) is 11.7. The van der Waals surface area contributed by atoms with Crippen LogP contribution in [0.1, 0.15) is 26.7 Å². The second-order valence-electron chi connectivity index (χ2n) is 3.67. The lowest BCUT2D eigenvalue weighted by molar-refractivity contribution is -0.688. The minimum Gasteiger partial charge on any atom is -0.726 e. The molecule has 0 aromatic rings. The van der Waals surface area contributed by atoms with Gasteiger partial charge >= 0.3 is 0 Å². The molecule has 3 N–H and O–H groups in total. The van der Waals surface area contributed by atoms with Gasteiger partial charge in [0.2, 0.25) is 16.3 Å². The van der Waals surface area contributed by atoms with Crippen LogP contribution >= 0.6 is 0 Å². The largest absolute Gasteiger partial charge is 0.726 e. The zero-order valence-corrected chi connectivity index (χ0v) is 12.5. The number of carbonyl (C=O) groups is 1. The van der Waals surface area contributed by atoms with Gasteiger partial charge in [0.25, 0.3) is 0 Å². The van der Waals surface area contributed by atoms with Crippen LogP contribution in [0.25, 0.3) is 0 Å². The van der Waals surface area contributed by atoms with E-state index >= 15 is 0 Å². The highest BCUT2D eigenvalue weighted by Gasteiger charge is 2.04. The maximum atomic E-state index is 10.8. The average molecular weight is 296 g/mol. The molecule has 7 nitrogen and oxygen atoms in total. The van der Waals surface area contributed by atoms with Crippen LogP contribution in [0, 0.1) is 0 Å². The van der Waals surface area contributed by atoms with Gasteiger partial charge in [0.15, 0.2) is 0 Å². The fourth-order valence-electron chi connectivity index (χ4n) is 1.21. The Morgan fingerprint density at radius 2 is 1.95 bits per heavy atom. The fourth-order valence-corrected chi connectivity index (χ4v) is 1.21. The van der Waals surface area contributed by atoms with Gasteiger partial charge in [0, 0.05) is 0 Å². The number of carbonyl (C=O) groups excluding carboxylic acids is 1. The van der Waals surface area contributed by atoms with Gasteiger partial charge in [-0.3, -0.25) is 8.98 Å².